The van der Waals surface area contributed by atoms with Crippen molar-refractivity contribution in [3.8, 4) is 0 Å². The average Bonchev–Trinajstić information content (AvgIpc) is 2.15. The summed E-state index contributed by atoms with van der Waals surface area (Å²) in [6.07, 6.45) is 7.67. The molecule has 0 aromatic heterocycles. The highest BCUT2D eigenvalue weighted by Gasteiger charge is 2.52. The molecule has 0 saturated heterocycles. The van der Waals surface area contributed by atoms with Crippen molar-refractivity contribution in [2.24, 2.45) is 40.7 Å². The zero-order chi connectivity index (χ0) is 10.6. The van der Waals surface area contributed by atoms with E-state index in [4.69, 9.17) is 5.73 Å². The molecule has 4 fully saturated rings. The quantitative estimate of drug-likeness (QED) is 0.740. The van der Waals surface area contributed by atoms with Crippen molar-refractivity contribution in [1.29, 1.82) is 0 Å². The highest BCUT2D eigenvalue weighted by molar-refractivity contribution is 5.02. The molecule has 0 spiro atoms. The third kappa shape index (κ3) is 1.46. The van der Waals surface area contributed by atoms with Crippen LogP contribution in [-0.2, 0) is 0 Å². The molecule has 1 nitrogen and oxygen atoms in total. The van der Waals surface area contributed by atoms with Crippen LogP contribution in [0, 0.1) is 35.0 Å². The zero-order valence-electron chi connectivity index (χ0n) is 10.2. The van der Waals surface area contributed by atoms with Gasteiger partial charge in [0.1, 0.15) is 0 Å². The summed E-state index contributed by atoms with van der Waals surface area (Å²) < 4.78 is 0. The summed E-state index contributed by atoms with van der Waals surface area (Å²) in [5.41, 5.74) is 6.38. The predicted octanol–water partition coefficient (Wildman–Crippen LogP) is 3.04. The minimum atomic E-state index is 0.391. The van der Waals surface area contributed by atoms with Crippen molar-refractivity contribution in [2.75, 3.05) is 6.54 Å². The van der Waals surface area contributed by atoms with Gasteiger partial charge in [0.25, 0.3) is 0 Å². The summed E-state index contributed by atoms with van der Waals surface area (Å²) in [5.74, 6) is 5.18. The largest absolute Gasteiger partial charge is 0.330 e. The first kappa shape index (κ1) is 10.1. The Bertz CT molecular complexity index is 228. The van der Waals surface area contributed by atoms with E-state index in [9.17, 15) is 0 Å². The van der Waals surface area contributed by atoms with Gasteiger partial charge in [0, 0.05) is 0 Å². The second-order valence-corrected chi connectivity index (χ2v) is 7.15. The molecule has 4 aliphatic carbocycles. The van der Waals surface area contributed by atoms with Crippen LogP contribution in [0.5, 0.6) is 0 Å². The topological polar surface area (TPSA) is 26.0 Å². The molecule has 4 saturated carbocycles. The number of nitrogens with two attached hydrogens (primary N) is 1. The summed E-state index contributed by atoms with van der Waals surface area (Å²) in [6, 6.07) is 0. The van der Waals surface area contributed by atoms with Gasteiger partial charge in [0.2, 0.25) is 0 Å². The van der Waals surface area contributed by atoms with Crippen molar-refractivity contribution in [2.45, 2.75) is 46.0 Å². The summed E-state index contributed by atoms with van der Waals surface area (Å²) in [6.45, 7) is 5.68. The minimum absolute atomic E-state index is 0.391. The molecule has 0 atom stereocenters. The highest BCUT2D eigenvalue weighted by atomic mass is 14.6. The van der Waals surface area contributed by atoms with E-state index in [0.29, 0.717) is 5.41 Å². The van der Waals surface area contributed by atoms with Crippen molar-refractivity contribution in [3.05, 3.63) is 0 Å². The predicted molar refractivity (Wildman–Crippen MR) is 63.4 cm³/mol. The van der Waals surface area contributed by atoms with E-state index in [1.54, 1.807) is 6.42 Å². The van der Waals surface area contributed by atoms with Gasteiger partial charge >= 0.3 is 0 Å². The molecule has 4 aliphatic rings. The first-order valence-electron chi connectivity index (χ1n) is 6.80. The Balaban J connectivity index is 1.86. The summed E-state index contributed by atoms with van der Waals surface area (Å²) >= 11 is 0. The fraction of sp³-hybridized carbons (Fsp3) is 1.00. The molecule has 4 bridgehead atoms. The van der Waals surface area contributed by atoms with Gasteiger partial charge in [-0.25, -0.2) is 0 Å². The lowest BCUT2D eigenvalue weighted by Crippen LogP contribution is -2.52. The van der Waals surface area contributed by atoms with Gasteiger partial charge in [-0.15, -0.1) is 0 Å². The Kier molecular flexibility index (Phi) is 2.18. The number of rotatable bonds is 2. The Morgan fingerprint density at radius 2 is 1.40 bits per heavy atom. The van der Waals surface area contributed by atoms with Gasteiger partial charge in [-0.2, -0.15) is 0 Å². The van der Waals surface area contributed by atoms with Crippen molar-refractivity contribution in [1.82, 2.24) is 0 Å². The van der Waals surface area contributed by atoms with Crippen LogP contribution in [0.3, 0.4) is 0 Å². The van der Waals surface area contributed by atoms with Gasteiger partial charge in [0.05, 0.1) is 0 Å². The van der Waals surface area contributed by atoms with Crippen LogP contribution in [0.15, 0.2) is 0 Å². The van der Waals surface area contributed by atoms with Crippen LogP contribution < -0.4 is 5.73 Å². The van der Waals surface area contributed by atoms with E-state index in [1.807, 2.05) is 0 Å². The fourth-order valence-corrected chi connectivity index (χ4v) is 5.34. The smallest absolute Gasteiger partial charge is 0.00230 e. The average molecular weight is 207 g/mol. The van der Waals surface area contributed by atoms with Crippen LogP contribution in [0.4, 0.5) is 0 Å². The lowest BCUT2D eigenvalue weighted by molar-refractivity contribution is -0.0836. The number of hydrogen-bond acceptors (Lipinski definition) is 1. The number of hydrogen-bond donors (Lipinski definition) is 1. The maximum Gasteiger partial charge on any atom is -0.00230 e. The van der Waals surface area contributed by atoms with E-state index >= 15 is 0 Å². The highest BCUT2D eigenvalue weighted by Crippen LogP contribution is 2.60. The molecular weight excluding hydrogens is 182 g/mol. The minimum Gasteiger partial charge on any atom is -0.330 e. The molecule has 0 aliphatic heterocycles. The Morgan fingerprint density at radius 3 is 1.80 bits per heavy atom. The molecule has 4 rings (SSSR count). The lowest BCUT2D eigenvalue weighted by atomic mass is 9.47. The lowest BCUT2D eigenvalue weighted by Gasteiger charge is -2.58. The van der Waals surface area contributed by atoms with E-state index in [2.05, 4.69) is 13.8 Å². The molecular formula is C14H25N. The van der Waals surface area contributed by atoms with E-state index in [0.717, 1.165) is 36.1 Å². The SMILES string of the molecule is CC(C)(CN)C1C2CC3CC(C2)CC1C3. The first-order valence-corrected chi connectivity index (χ1v) is 6.80. The van der Waals surface area contributed by atoms with E-state index in [1.165, 1.54) is 25.7 Å². The van der Waals surface area contributed by atoms with Crippen molar-refractivity contribution < 1.29 is 0 Å². The van der Waals surface area contributed by atoms with Crippen LogP contribution >= 0.6 is 0 Å². The van der Waals surface area contributed by atoms with Crippen molar-refractivity contribution >= 4 is 0 Å². The Hall–Kier alpha value is -0.0400. The normalized spacial score (nSPS) is 48.6. The van der Waals surface area contributed by atoms with Crippen molar-refractivity contribution in [3.63, 3.8) is 0 Å². The third-order valence-electron chi connectivity index (χ3n) is 5.66. The molecule has 0 heterocycles. The Morgan fingerprint density at radius 1 is 0.933 bits per heavy atom. The second kappa shape index (κ2) is 3.23. The molecule has 0 aromatic rings. The molecule has 15 heavy (non-hydrogen) atoms. The van der Waals surface area contributed by atoms with Gasteiger partial charge in [-0.1, -0.05) is 13.8 Å². The molecule has 1 heteroatoms. The monoisotopic (exact) mass is 207 g/mol. The van der Waals surface area contributed by atoms with E-state index in [-0.39, 0.29) is 0 Å². The van der Waals surface area contributed by atoms with Gasteiger partial charge in [0.15, 0.2) is 0 Å². The second-order valence-electron chi connectivity index (χ2n) is 7.15. The molecule has 0 aromatic carbocycles. The summed E-state index contributed by atoms with van der Waals surface area (Å²) in [5, 5.41) is 0. The van der Waals surface area contributed by atoms with Crippen LogP contribution in [0.1, 0.15) is 46.0 Å². The molecule has 0 unspecified atom stereocenters. The maximum absolute atomic E-state index is 5.99. The van der Waals surface area contributed by atoms with E-state index < -0.39 is 0 Å². The summed E-state index contributed by atoms with van der Waals surface area (Å²) in [4.78, 5) is 0. The zero-order valence-corrected chi connectivity index (χ0v) is 10.2. The fourth-order valence-electron chi connectivity index (χ4n) is 5.34. The molecule has 86 valence electrons. The molecule has 2 N–H and O–H groups in total. The van der Waals surface area contributed by atoms with Crippen LogP contribution in [-0.4, -0.2) is 6.54 Å². The molecule has 0 amide bonds. The standard InChI is InChI=1S/C14H25N/c1-14(2,8-15)13-11-4-9-3-10(6-11)7-12(13)5-9/h9-13H,3-8,15H2,1-2H3. The third-order valence-corrected chi connectivity index (χ3v) is 5.66. The first-order chi connectivity index (χ1) is 7.10. The summed E-state index contributed by atoms with van der Waals surface area (Å²) in [7, 11) is 0. The van der Waals surface area contributed by atoms with Gasteiger partial charge < -0.3 is 5.73 Å². The Labute approximate surface area is 93.8 Å². The molecule has 0 radical (unpaired) electrons. The maximum atomic E-state index is 5.99. The van der Waals surface area contributed by atoms with Crippen LogP contribution in [0.2, 0.25) is 0 Å². The van der Waals surface area contributed by atoms with Gasteiger partial charge in [-0.3, -0.25) is 0 Å². The van der Waals surface area contributed by atoms with Gasteiger partial charge in [-0.05, 0) is 73.7 Å². The van der Waals surface area contributed by atoms with Crippen LogP contribution in [0.25, 0.3) is 0 Å².